The van der Waals surface area contributed by atoms with Crippen LogP contribution < -0.4 is 9.46 Å². The van der Waals surface area contributed by atoms with Crippen molar-refractivity contribution in [1.29, 1.82) is 0 Å². The van der Waals surface area contributed by atoms with Crippen molar-refractivity contribution in [3.8, 4) is 17.0 Å². The predicted molar refractivity (Wildman–Crippen MR) is 108 cm³/mol. The summed E-state index contributed by atoms with van der Waals surface area (Å²) >= 11 is 0. The second-order valence-electron chi connectivity index (χ2n) is 6.59. The molecule has 2 aromatic heterocycles. The van der Waals surface area contributed by atoms with Gasteiger partial charge in [-0.1, -0.05) is 6.07 Å². The maximum Gasteiger partial charge on any atom is 0.387 e. The van der Waals surface area contributed by atoms with Crippen molar-refractivity contribution in [3.05, 3.63) is 66.4 Å². The molecule has 31 heavy (non-hydrogen) atoms. The van der Waals surface area contributed by atoms with Crippen LogP contribution in [-0.2, 0) is 10.0 Å². The van der Waals surface area contributed by atoms with Crippen molar-refractivity contribution in [1.82, 2.24) is 15.0 Å². The first kappa shape index (κ1) is 20.7. The van der Waals surface area contributed by atoms with E-state index < -0.39 is 22.5 Å². The van der Waals surface area contributed by atoms with E-state index in [0.717, 1.165) is 30.0 Å². The van der Waals surface area contributed by atoms with Gasteiger partial charge in [-0.25, -0.2) is 22.8 Å². The van der Waals surface area contributed by atoms with Gasteiger partial charge in [0.25, 0.3) is 10.0 Å². The summed E-state index contributed by atoms with van der Waals surface area (Å²) in [4.78, 5) is 11.2. The van der Waals surface area contributed by atoms with Gasteiger partial charge in [-0.2, -0.15) is 8.78 Å². The van der Waals surface area contributed by atoms with Crippen LogP contribution in [0, 0.1) is 12.7 Å². The van der Waals surface area contributed by atoms with E-state index in [4.69, 9.17) is 0 Å². The standard InChI is InChI=1S/C20H15F3N4O3S/c1-11-8-15-18(24-10-25-19(15)26-11)12-2-7-17(16(21)9-12)27-31(28,29)14-5-3-13(4-6-14)30-20(22)23/h2-10,20,27H,1H3,(H,24,25,26). The summed E-state index contributed by atoms with van der Waals surface area (Å²) in [5.74, 6) is -1.00. The second kappa shape index (κ2) is 7.91. The molecule has 2 aromatic carbocycles. The van der Waals surface area contributed by atoms with Gasteiger partial charge in [-0.15, -0.1) is 0 Å². The Balaban J connectivity index is 1.61. The van der Waals surface area contributed by atoms with Crippen LogP contribution in [0.5, 0.6) is 5.75 Å². The van der Waals surface area contributed by atoms with Gasteiger partial charge >= 0.3 is 6.61 Å². The van der Waals surface area contributed by atoms with Gasteiger partial charge < -0.3 is 9.72 Å². The number of H-pyrrole nitrogens is 1. The zero-order valence-corrected chi connectivity index (χ0v) is 16.8. The van der Waals surface area contributed by atoms with E-state index >= 15 is 0 Å². The van der Waals surface area contributed by atoms with Gasteiger partial charge in [0, 0.05) is 16.6 Å². The number of alkyl halides is 2. The molecule has 0 amide bonds. The quantitative estimate of drug-likeness (QED) is 0.454. The average Bonchev–Trinajstić information content (AvgIpc) is 3.09. The van der Waals surface area contributed by atoms with Crippen LogP contribution in [0.2, 0.25) is 0 Å². The Morgan fingerprint density at radius 2 is 1.81 bits per heavy atom. The Labute approximate surface area is 175 Å². The number of nitrogens with one attached hydrogen (secondary N) is 2. The lowest BCUT2D eigenvalue weighted by molar-refractivity contribution is -0.0498. The van der Waals surface area contributed by atoms with Gasteiger partial charge in [0.05, 0.1) is 16.3 Å². The molecule has 0 bridgehead atoms. The summed E-state index contributed by atoms with van der Waals surface area (Å²) in [7, 11) is -4.15. The topological polar surface area (TPSA) is 97.0 Å². The normalized spacial score (nSPS) is 11.8. The SMILES string of the molecule is Cc1cc2c(-c3ccc(NS(=O)(=O)c4ccc(OC(F)F)cc4)c(F)c3)ncnc2[nH]1. The third kappa shape index (κ3) is 4.31. The highest BCUT2D eigenvalue weighted by molar-refractivity contribution is 7.92. The maximum atomic E-state index is 14.7. The fourth-order valence-electron chi connectivity index (χ4n) is 3.05. The highest BCUT2D eigenvalue weighted by atomic mass is 32.2. The first-order valence-electron chi connectivity index (χ1n) is 8.91. The molecule has 160 valence electrons. The zero-order valence-electron chi connectivity index (χ0n) is 15.9. The van der Waals surface area contributed by atoms with E-state index in [1.54, 1.807) is 0 Å². The third-order valence-electron chi connectivity index (χ3n) is 4.41. The molecule has 0 unspecified atom stereocenters. The molecule has 0 radical (unpaired) electrons. The summed E-state index contributed by atoms with van der Waals surface area (Å²) in [6, 6.07) is 10.1. The van der Waals surface area contributed by atoms with Crippen molar-refractivity contribution in [2.75, 3.05) is 4.72 Å². The minimum atomic E-state index is -4.15. The fraction of sp³-hybridized carbons (Fsp3) is 0.100. The number of sulfonamides is 1. The van der Waals surface area contributed by atoms with Gasteiger partial charge in [-0.05, 0) is 49.4 Å². The number of benzene rings is 2. The zero-order chi connectivity index (χ0) is 22.2. The maximum absolute atomic E-state index is 14.7. The Hall–Kier alpha value is -3.60. The number of nitrogens with zero attached hydrogens (tertiary/aromatic N) is 2. The Bertz CT molecular complexity index is 1360. The summed E-state index contributed by atoms with van der Waals surface area (Å²) < 4.78 is 70.6. The third-order valence-corrected chi connectivity index (χ3v) is 5.79. The Kier molecular flexibility index (Phi) is 5.27. The number of hydrogen-bond donors (Lipinski definition) is 2. The summed E-state index contributed by atoms with van der Waals surface area (Å²) in [5.41, 5.74) is 2.14. The van der Waals surface area contributed by atoms with Crippen LogP contribution in [-0.4, -0.2) is 30.0 Å². The van der Waals surface area contributed by atoms with Crippen LogP contribution in [0.15, 0.2) is 59.8 Å². The molecule has 11 heteroatoms. The molecule has 4 aromatic rings. The molecule has 0 aliphatic rings. The van der Waals surface area contributed by atoms with Crippen molar-refractivity contribution in [3.63, 3.8) is 0 Å². The molecule has 0 aliphatic carbocycles. The first-order valence-corrected chi connectivity index (χ1v) is 10.4. The van der Waals surface area contributed by atoms with Gasteiger partial charge in [0.1, 0.15) is 23.5 Å². The lowest BCUT2D eigenvalue weighted by atomic mass is 10.1. The summed E-state index contributed by atoms with van der Waals surface area (Å²) in [5, 5.41) is 0.707. The predicted octanol–water partition coefficient (Wildman–Crippen LogP) is 4.47. The molecule has 0 saturated carbocycles. The van der Waals surface area contributed by atoms with Gasteiger partial charge in [0.2, 0.25) is 0 Å². The van der Waals surface area contributed by atoms with Crippen LogP contribution in [0.25, 0.3) is 22.3 Å². The summed E-state index contributed by atoms with van der Waals surface area (Å²) in [6.45, 7) is -1.17. The van der Waals surface area contributed by atoms with E-state index in [9.17, 15) is 21.6 Å². The molecule has 7 nitrogen and oxygen atoms in total. The van der Waals surface area contributed by atoms with Gasteiger partial charge in [-0.3, -0.25) is 4.72 Å². The molecule has 0 aliphatic heterocycles. The van der Waals surface area contributed by atoms with E-state index in [-0.39, 0.29) is 16.3 Å². The first-order chi connectivity index (χ1) is 14.7. The van der Waals surface area contributed by atoms with Gasteiger partial charge in [0.15, 0.2) is 0 Å². The molecule has 2 N–H and O–H groups in total. The Morgan fingerprint density at radius 1 is 1.06 bits per heavy atom. The van der Waals surface area contributed by atoms with E-state index in [1.165, 1.54) is 24.5 Å². The number of ether oxygens (including phenoxy) is 1. The largest absolute Gasteiger partial charge is 0.435 e. The highest BCUT2D eigenvalue weighted by Crippen LogP contribution is 2.29. The minimum absolute atomic E-state index is 0.194. The molecule has 0 fully saturated rings. The lowest BCUT2D eigenvalue weighted by Gasteiger charge is -2.11. The monoisotopic (exact) mass is 448 g/mol. The smallest absolute Gasteiger partial charge is 0.387 e. The fourth-order valence-corrected chi connectivity index (χ4v) is 4.12. The number of rotatable bonds is 6. The van der Waals surface area contributed by atoms with E-state index in [0.29, 0.717) is 22.3 Å². The number of anilines is 1. The van der Waals surface area contributed by atoms with E-state index in [1.807, 2.05) is 13.0 Å². The molecular weight excluding hydrogens is 433 g/mol. The molecule has 4 rings (SSSR count). The highest BCUT2D eigenvalue weighted by Gasteiger charge is 2.18. The van der Waals surface area contributed by atoms with Crippen LogP contribution in [0.3, 0.4) is 0 Å². The van der Waals surface area contributed by atoms with E-state index in [2.05, 4.69) is 24.4 Å². The summed E-state index contributed by atoms with van der Waals surface area (Å²) in [6.07, 6.45) is 1.35. The second-order valence-corrected chi connectivity index (χ2v) is 8.27. The number of aryl methyl sites for hydroxylation is 1. The molecule has 0 atom stereocenters. The molecular formula is C20H15F3N4O3S. The molecule has 2 heterocycles. The average molecular weight is 448 g/mol. The van der Waals surface area contributed by atoms with Crippen LogP contribution in [0.4, 0.5) is 18.9 Å². The van der Waals surface area contributed by atoms with Crippen LogP contribution in [0.1, 0.15) is 5.69 Å². The molecule has 0 saturated heterocycles. The number of aromatic amines is 1. The minimum Gasteiger partial charge on any atom is -0.435 e. The lowest BCUT2D eigenvalue weighted by Crippen LogP contribution is -2.14. The Morgan fingerprint density at radius 3 is 2.48 bits per heavy atom. The number of fused-ring (bicyclic) bond motifs is 1. The van der Waals surface area contributed by atoms with Crippen molar-refractivity contribution in [2.45, 2.75) is 18.4 Å². The number of halogens is 3. The van der Waals surface area contributed by atoms with Crippen molar-refractivity contribution < 1.29 is 26.3 Å². The number of aromatic nitrogens is 3. The van der Waals surface area contributed by atoms with Crippen LogP contribution >= 0.6 is 0 Å². The molecule has 0 spiro atoms. The van der Waals surface area contributed by atoms with Crippen molar-refractivity contribution in [2.24, 2.45) is 0 Å². The number of hydrogen-bond acceptors (Lipinski definition) is 5. The van der Waals surface area contributed by atoms with Crippen molar-refractivity contribution >= 4 is 26.7 Å².